The third-order valence-electron chi connectivity index (χ3n) is 8.17. The lowest BCUT2D eigenvalue weighted by Crippen LogP contribution is -1.94. The molecule has 0 aliphatic heterocycles. The summed E-state index contributed by atoms with van der Waals surface area (Å²) in [5, 5.41) is 8.52. The van der Waals surface area contributed by atoms with Crippen molar-refractivity contribution in [3.05, 3.63) is 139 Å². The van der Waals surface area contributed by atoms with E-state index in [4.69, 9.17) is 0 Å². The molecule has 9 rings (SSSR count). The molecule has 0 bridgehead atoms. The number of rotatable bonds is 2. The van der Waals surface area contributed by atoms with Crippen molar-refractivity contribution >= 4 is 65.2 Å². The van der Waals surface area contributed by atoms with Gasteiger partial charge in [0.2, 0.25) is 0 Å². The zero-order valence-electron chi connectivity index (χ0n) is 25.4. The predicted molar refractivity (Wildman–Crippen MR) is 171 cm³/mol. The van der Waals surface area contributed by atoms with Gasteiger partial charge in [0, 0.05) is 38.3 Å². The van der Waals surface area contributed by atoms with E-state index in [1.807, 2.05) is 65.2 Å². The molecule has 0 amide bonds. The van der Waals surface area contributed by atoms with E-state index in [0.29, 0.717) is 11.1 Å². The molecule has 2 heterocycles. The molecule has 2 heteroatoms. The van der Waals surface area contributed by atoms with Crippen LogP contribution in [0.1, 0.15) is 5.48 Å². The highest BCUT2D eigenvalue weighted by Crippen LogP contribution is 2.39. The van der Waals surface area contributed by atoms with Gasteiger partial charge in [-0.1, -0.05) is 103 Å². The van der Waals surface area contributed by atoms with Crippen molar-refractivity contribution in [1.29, 1.82) is 0 Å². The second-order valence-corrected chi connectivity index (χ2v) is 10.4. The highest BCUT2D eigenvalue weighted by atomic mass is 15.0. The van der Waals surface area contributed by atoms with Crippen molar-refractivity contribution in [2.75, 3.05) is 0 Å². The smallest absolute Gasteiger partial charge is 0.0645 e. The van der Waals surface area contributed by atoms with E-state index in [1.54, 1.807) is 0 Å². The Morgan fingerprint density at radius 2 is 1.20 bits per heavy atom. The Kier molecular flexibility index (Phi) is 3.64. The van der Waals surface area contributed by atoms with Crippen LogP contribution < -0.4 is 0 Å². The molecule has 40 heavy (non-hydrogen) atoms. The van der Waals surface area contributed by atoms with E-state index in [9.17, 15) is 5.48 Å². The summed E-state index contributed by atoms with van der Waals surface area (Å²) in [5.41, 5.74) is 4.92. The molecule has 2 aromatic heterocycles. The van der Waals surface area contributed by atoms with Gasteiger partial charge in [0.1, 0.15) is 0 Å². The number of aromatic amines is 1. The lowest BCUT2D eigenvalue weighted by atomic mass is 9.98. The molecule has 186 valence electrons. The summed E-state index contributed by atoms with van der Waals surface area (Å²) in [6.45, 7) is 0. The van der Waals surface area contributed by atoms with Crippen molar-refractivity contribution in [3.63, 3.8) is 0 Å². The zero-order valence-corrected chi connectivity index (χ0v) is 21.4. The molecule has 1 N–H and O–H groups in total. The van der Waals surface area contributed by atoms with Crippen molar-refractivity contribution < 1.29 is 5.48 Å². The van der Waals surface area contributed by atoms with Gasteiger partial charge >= 0.3 is 0 Å². The van der Waals surface area contributed by atoms with Crippen LogP contribution in [0.4, 0.5) is 0 Å². The topological polar surface area (TPSA) is 20.7 Å². The van der Waals surface area contributed by atoms with Crippen LogP contribution in [0.25, 0.3) is 82.0 Å². The van der Waals surface area contributed by atoms with Gasteiger partial charge in [0.25, 0.3) is 0 Å². The fourth-order valence-electron chi connectivity index (χ4n) is 6.37. The van der Waals surface area contributed by atoms with E-state index < -0.39 is 0 Å². The van der Waals surface area contributed by atoms with Gasteiger partial charge < -0.3 is 9.55 Å². The highest BCUT2D eigenvalue weighted by Gasteiger charge is 2.16. The maximum Gasteiger partial charge on any atom is 0.0645 e. The van der Waals surface area contributed by atoms with Crippen LogP contribution in [0.2, 0.25) is 0 Å². The molecule has 2 nitrogen and oxygen atoms in total. The summed E-state index contributed by atoms with van der Waals surface area (Å²) in [6, 6.07) is 38.3. The third-order valence-corrected chi connectivity index (χ3v) is 8.17. The number of hydrogen-bond donors (Lipinski definition) is 1. The normalized spacial score (nSPS) is 13.4. The highest BCUT2D eigenvalue weighted by molar-refractivity contribution is 6.24. The van der Waals surface area contributed by atoms with Crippen LogP contribution in [-0.4, -0.2) is 9.55 Å². The molecule has 0 fully saturated rings. The van der Waals surface area contributed by atoms with Crippen LogP contribution in [0, 0.1) is 0 Å². The van der Waals surface area contributed by atoms with Crippen molar-refractivity contribution in [3.8, 4) is 16.8 Å². The number of para-hydroxylation sites is 1. The average Bonchev–Trinajstić information content (AvgIpc) is 3.58. The maximum absolute atomic E-state index is 9.28. The van der Waals surface area contributed by atoms with Gasteiger partial charge in [0.05, 0.1) is 16.5 Å². The summed E-state index contributed by atoms with van der Waals surface area (Å²) in [7, 11) is 0. The number of fused-ring (bicyclic) bond motifs is 9. The number of hydrogen-bond acceptors (Lipinski definition) is 0. The molecular formula is C38H24N2. The summed E-state index contributed by atoms with van der Waals surface area (Å²) >= 11 is 0. The lowest BCUT2D eigenvalue weighted by molar-refractivity contribution is 1.18. The average molecular weight is 513 g/mol. The van der Waals surface area contributed by atoms with Gasteiger partial charge in [-0.2, -0.15) is 0 Å². The Morgan fingerprint density at radius 3 is 2.05 bits per heavy atom. The molecule has 0 spiro atoms. The first-order valence-electron chi connectivity index (χ1n) is 15.5. The largest absolute Gasteiger partial charge is 0.354 e. The fourth-order valence-corrected chi connectivity index (χ4v) is 6.37. The Morgan fingerprint density at radius 1 is 0.500 bits per heavy atom. The molecular weight excluding hydrogens is 484 g/mol. The number of nitrogens with zero attached hydrogens (tertiary/aromatic N) is 1. The summed E-state index contributed by atoms with van der Waals surface area (Å²) in [6.07, 6.45) is 0. The van der Waals surface area contributed by atoms with Gasteiger partial charge in [-0.3, -0.25) is 0 Å². The molecule has 0 saturated carbocycles. The van der Waals surface area contributed by atoms with Crippen LogP contribution in [0.5, 0.6) is 0 Å². The molecule has 0 atom stereocenters. The standard InChI is InChI=1S/C38H24N2/c1-3-11-28-24(8-1)10-7-14-29(28)26-16-19-27(20-17-26)40-36-15-6-5-13-31(36)32-22-33-35(23-37(32)40)39-34-21-18-25-9-2-4-12-30(25)38(33)34/h1-23,39H/i16D,17D,19D,20D. The summed E-state index contributed by atoms with van der Waals surface area (Å²) < 4.78 is 38.8. The quantitative estimate of drug-likeness (QED) is 0.238. The molecule has 0 aliphatic carbocycles. The van der Waals surface area contributed by atoms with E-state index in [2.05, 4.69) is 59.6 Å². The number of H-pyrrole nitrogens is 1. The molecule has 7 aromatic carbocycles. The van der Waals surface area contributed by atoms with Crippen LogP contribution in [-0.2, 0) is 0 Å². The van der Waals surface area contributed by atoms with E-state index in [-0.39, 0.29) is 29.9 Å². The summed E-state index contributed by atoms with van der Waals surface area (Å²) in [5.74, 6) is 0. The second kappa shape index (κ2) is 8.08. The van der Waals surface area contributed by atoms with E-state index >= 15 is 0 Å². The molecule has 0 unspecified atom stereocenters. The summed E-state index contributed by atoms with van der Waals surface area (Å²) in [4.78, 5) is 3.60. The minimum Gasteiger partial charge on any atom is -0.354 e. The van der Waals surface area contributed by atoms with Crippen molar-refractivity contribution in [1.82, 2.24) is 9.55 Å². The first kappa shape index (κ1) is 18.0. The second-order valence-electron chi connectivity index (χ2n) is 10.4. The van der Waals surface area contributed by atoms with Gasteiger partial charge in [-0.15, -0.1) is 0 Å². The minimum atomic E-state index is -0.0701. The van der Waals surface area contributed by atoms with E-state index in [1.165, 1.54) is 16.2 Å². The third kappa shape index (κ3) is 2.99. The van der Waals surface area contributed by atoms with E-state index in [0.717, 1.165) is 49.0 Å². The molecule has 0 radical (unpaired) electrons. The van der Waals surface area contributed by atoms with Gasteiger partial charge in [-0.25, -0.2) is 0 Å². The Hall–Kier alpha value is -5.34. The van der Waals surface area contributed by atoms with Crippen molar-refractivity contribution in [2.45, 2.75) is 0 Å². The fraction of sp³-hybridized carbons (Fsp3) is 0. The predicted octanol–water partition coefficient (Wildman–Crippen LogP) is 10.4. The van der Waals surface area contributed by atoms with Crippen molar-refractivity contribution in [2.24, 2.45) is 0 Å². The maximum atomic E-state index is 9.28. The van der Waals surface area contributed by atoms with Crippen LogP contribution in [0.3, 0.4) is 0 Å². The number of nitrogens with one attached hydrogen (secondary N) is 1. The molecule has 9 aromatic rings. The number of benzene rings is 7. The molecule has 0 aliphatic rings. The zero-order chi connectivity index (χ0) is 29.7. The van der Waals surface area contributed by atoms with Crippen LogP contribution in [0.15, 0.2) is 139 Å². The van der Waals surface area contributed by atoms with Gasteiger partial charge in [-0.05, 0) is 69.0 Å². The molecule has 0 saturated heterocycles. The monoisotopic (exact) mass is 512 g/mol. The Labute approximate surface area is 236 Å². The lowest BCUT2D eigenvalue weighted by Gasteiger charge is -2.11. The number of aromatic nitrogens is 2. The Balaban J connectivity index is 1.38. The first-order valence-corrected chi connectivity index (χ1v) is 13.5. The van der Waals surface area contributed by atoms with Gasteiger partial charge in [0.15, 0.2) is 0 Å². The van der Waals surface area contributed by atoms with Crippen LogP contribution >= 0.6 is 0 Å². The minimum absolute atomic E-state index is 0.0542. The first-order chi connectivity index (χ1) is 21.5. The SMILES string of the molecule is [2H]c1c([2H])c(-n2c3ccccc3c3cc4c(cc32)[nH]c2ccc3ccccc3c24)c([2H])c([2H])c1-c1cccc2ccccc12. The Bertz CT molecular complexity index is 2630.